The maximum atomic E-state index is 3.71. The summed E-state index contributed by atoms with van der Waals surface area (Å²) in [6.07, 6.45) is 2.68. The zero-order valence-electron chi connectivity index (χ0n) is 12.2. The molecule has 0 atom stereocenters. The molecule has 1 nitrogen and oxygen atoms in total. The molecule has 1 aliphatic carbocycles. The van der Waals surface area contributed by atoms with E-state index in [9.17, 15) is 0 Å². The predicted molar refractivity (Wildman–Crippen MR) is 94.7 cm³/mol. The van der Waals surface area contributed by atoms with E-state index in [1.807, 2.05) is 11.8 Å². The van der Waals surface area contributed by atoms with Crippen LogP contribution >= 0.6 is 27.7 Å². The van der Waals surface area contributed by atoms with E-state index in [1.165, 1.54) is 38.9 Å². The number of thioether (sulfide) groups is 1. The lowest BCUT2D eigenvalue weighted by Gasteiger charge is -2.08. The standard InChI is InChI=1S/C18H20BrNS/c1-13-3-2-4-15(9-13)12-21-18-8-5-14(10-17(18)19)11-20-16-6-7-16/h2-5,8-10,16,20H,6-7,11-12H2,1H3. The first-order valence-electron chi connectivity index (χ1n) is 7.41. The van der Waals surface area contributed by atoms with Crippen molar-refractivity contribution in [3.8, 4) is 0 Å². The van der Waals surface area contributed by atoms with Gasteiger partial charge in [-0.1, -0.05) is 35.9 Å². The van der Waals surface area contributed by atoms with Crippen LogP contribution in [-0.2, 0) is 12.3 Å². The molecular weight excluding hydrogens is 342 g/mol. The summed E-state index contributed by atoms with van der Waals surface area (Å²) in [6, 6.07) is 16.2. The first kappa shape index (κ1) is 15.1. The molecule has 0 radical (unpaired) electrons. The fraction of sp³-hybridized carbons (Fsp3) is 0.333. The van der Waals surface area contributed by atoms with Crippen molar-refractivity contribution in [1.82, 2.24) is 5.32 Å². The molecule has 2 aromatic carbocycles. The maximum Gasteiger partial charge on any atom is 0.0314 e. The van der Waals surface area contributed by atoms with Gasteiger partial charge in [0.1, 0.15) is 0 Å². The van der Waals surface area contributed by atoms with Crippen molar-refractivity contribution in [3.05, 3.63) is 63.6 Å². The van der Waals surface area contributed by atoms with Crippen LogP contribution in [0.3, 0.4) is 0 Å². The number of rotatable bonds is 6. The predicted octanol–water partition coefficient (Wildman–Crippen LogP) is 5.30. The van der Waals surface area contributed by atoms with Crippen molar-refractivity contribution >= 4 is 27.7 Å². The molecule has 3 rings (SSSR count). The second-order valence-corrected chi connectivity index (χ2v) is 7.57. The lowest BCUT2D eigenvalue weighted by atomic mass is 10.2. The molecule has 0 unspecified atom stereocenters. The highest BCUT2D eigenvalue weighted by Gasteiger charge is 2.19. The molecular formula is C18H20BrNS. The third kappa shape index (κ3) is 4.60. The quantitative estimate of drug-likeness (QED) is 0.700. The molecule has 110 valence electrons. The van der Waals surface area contributed by atoms with Crippen LogP contribution in [0.1, 0.15) is 29.5 Å². The summed E-state index contributed by atoms with van der Waals surface area (Å²) in [5.41, 5.74) is 4.06. The smallest absolute Gasteiger partial charge is 0.0314 e. The van der Waals surface area contributed by atoms with Crippen LogP contribution in [0.2, 0.25) is 0 Å². The first-order chi connectivity index (χ1) is 10.2. The fourth-order valence-electron chi connectivity index (χ4n) is 2.28. The van der Waals surface area contributed by atoms with E-state index in [2.05, 4.69) is 70.6 Å². The third-order valence-corrected chi connectivity index (χ3v) is 5.71. The summed E-state index contributed by atoms with van der Waals surface area (Å²) < 4.78 is 1.20. The Hall–Kier alpha value is -0.770. The Bertz CT molecular complexity index is 622. The van der Waals surface area contributed by atoms with Gasteiger partial charge >= 0.3 is 0 Å². The molecule has 3 heteroatoms. The van der Waals surface area contributed by atoms with Crippen molar-refractivity contribution in [2.45, 2.75) is 43.0 Å². The topological polar surface area (TPSA) is 12.0 Å². The summed E-state index contributed by atoms with van der Waals surface area (Å²) in [7, 11) is 0. The molecule has 0 saturated heterocycles. The number of halogens is 1. The lowest BCUT2D eigenvalue weighted by Crippen LogP contribution is -2.15. The minimum Gasteiger partial charge on any atom is -0.310 e. The zero-order chi connectivity index (χ0) is 14.7. The average molecular weight is 362 g/mol. The van der Waals surface area contributed by atoms with Crippen LogP contribution in [0.5, 0.6) is 0 Å². The molecule has 1 fully saturated rings. The summed E-state index contributed by atoms with van der Waals surface area (Å²) in [6.45, 7) is 3.12. The number of benzene rings is 2. The summed E-state index contributed by atoms with van der Waals surface area (Å²) >= 11 is 5.60. The lowest BCUT2D eigenvalue weighted by molar-refractivity contribution is 0.687. The first-order valence-corrected chi connectivity index (χ1v) is 9.19. The van der Waals surface area contributed by atoms with Crippen LogP contribution in [0, 0.1) is 6.92 Å². The molecule has 2 aromatic rings. The molecule has 0 amide bonds. The molecule has 0 bridgehead atoms. The Morgan fingerprint density at radius 2 is 2.00 bits per heavy atom. The van der Waals surface area contributed by atoms with E-state index >= 15 is 0 Å². The third-order valence-electron chi connectivity index (χ3n) is 3.65. The van der Waals surface area contributed by atoms with E-state index < -0.39 is 0 Å². The van der Waals surface area contributed by atoms with Gasteiger partial charge in [0.05, 0.1) is 0 Å². The Morgan fingerprint density at radius 3 is 2.71 bits per heavy atom. The van der Waals surface area contributed by atoms with Crippen molar-refractivity contribution in [2.75, 3.05) is 0 Å². The van der Waals surface area contributed by atoms with E-state index in [0.717, 1.165) is 18.3 Å². The zero-order valence-corrected chi connectivity index (χ0v) is 14.6. The van der Waals surface area contributed by atoms with Gasteiger partial charge in [0.25, 0.3) is 0 Å². The maximum absolute atomic E-state index is 3.71. The molecule has 1 N–H and O–H groups in total. The minimum absolute atomic E-state index is 0.763. The summed E-state index contributed by atoms with van der Waals surface area (Å²) in [4.78, 5) is 1.31. The van der Waals surface area contributed by atoms with Gasteiger partial charge in [0.2, 0.25) is 0 Å². The molecule has 0 spiro atoms. The highest BCUT2D eigenvalue weighted by molar-refractivity contribution is 9.10. The molecule has 0 aliphatic heterocycles. The minimum atomic E-state index is 0.763. The number of nitrogens with one attached hydrogen (secondary N) is 1. The second kappa shape index (κ2) is 6.99. The monoisotopic (exact) mass is 361 g/mol. The Balaban J connectivity index is 1.59. The van der Waals surface area contributed by atoms with Crippen molar-refractivity contribution in [2.24, 2.45) is 0 Å². The molecule has 0 aromatic heterocycles. The normalized spacial score (nSPS) is 14.4. The molecule has 1 aliphatic rings. The van der Waals surface area contributed by atoms with Crippen LogP contribution in [0.25, 0.3) is 0 Å². The van der Waals surface area contributed by atoms with Gasteiger partial charge in [-0.3, -0.25) is 0 Å². The van der Waals surface area contributed by atoms with Crippen molar-refractivity contribution < 1.29 is 0 Å². The summed E-state index contributed by atoms with van der Waals surface area (Å²) in [5, 5.41) is 3.56. The summed E-state index contributed by atoms with van der Waals surface area (Å²) in [5.74, 6) is 1.01. The van der Waals surface area contributed by atoms with Crippen molar-refractivity contribution in [1.29, 1.82) is 0 Å². The SMILES string of the molecule is Cc1cccc(CSc2ccc(CNC3CC3)cc2Br)c1. The van der Waals surface area contributed by atoms with Gasteiger partial charge in [-0.05, 0) is 59.0 Å². The number of hydrogen-bond donors (Lipinski definition) is 1. The Labute approximate surface area is 139 Å². The van der Waals surface area contributed by atoms with Gasteiger partial charge < -0.3 is 5.32 Å². The van der Waals surface area contributed by atoms with E-state index in [-0.39, 0.29) is 0 Å². The Kier molecular flexibility index (Phi) is 5.04. The van der Waals surface area contributed by atoms with Crippen LogP contribution in [-0.4, -0.2) is 6.04 Å². The number of aryl methyl sites for hydroxylation is 1. The molecule has 21 heavy (non-hydrogen) atoms. The molecule has 0 heterocycles. The van der Waals surface area contributed by atoms with E-state index in [1.54, 1.807) is 0 Å². The van der Waals surface area contributed by atoms with Gasteiger partial charge in [0.15, 0.2) is 0 Å². The van der Waals surface area contributed by atoms with Crippen LogP contribution in [0.15, 0.2) is 51.8 Å². The highest BCUT2D eigenvalue weighted by atomic mass is 79.9. The van der Waals surface area contributed by atoms with Gasteiger partial charge in [0, 0.05) is 27.7 Å². The highest BCUT2D eigenvalue weighted by Crippen LogP contribution is 2.31. The van der Waals surface area contributed by atoms with Crippen molar-refractivity contribution in [3.63, 3.8) is 0 Å². The molecule has 1 saturated carbocycles. The Morgan fingerprint density at radius 1 is 1.14 bits per heavy atom. The van der Waals surface area contributed by atoms with Gasteiger partial charge in [-0.15, -0.1) is 11.8 Å². The van der Waals surface area contributed by atoms with Gasteiger partial charge in [-0.2, -0.15) is 0 Å². The van der Waals surface area contributed by atoms with Crippen LogP contribution in [0.4, 0.5) is 0 Å². The number of hydrogen-bond acceptors (Lipinski definition) is 2. The second-order valence-electron chi connectivity index (χ2n) is 5.70. The largest absolute Gasteiger partial charge is 0.310 e. The average Bonchev–Trinajstić information content (AvgIpc) is 3.28. The van der Waals surface area contributed by atoms with E-state index in [4.69, 9.17) is 0 Å². The van der Waals surface area contributed by atoms with E-state index in [0.29, 0.717) is 0 Å². The van der Waals surface area contributed by atoms with Crippen LogP contribution < -0.4 is 5.32 Å². The fourth-order valence-corrected chi connectivity index (χ4v) is 3.92. The van der Waals surface area contributed by atoms with Gasteiger partial charge in [-0.25, -0.2) is 0 Å².